The lowest BCUT2D eigenvalue weighted by Crippen LogP contribution is -2.28. The molecule has 1 aromatic heterocycles. The fourth-order valence-electron chi connectivity index (χ4n) is 2.91. The monoisotopic (exact) mass is 355 g/mol. The van der Waals surface area contributed by atoms with Crippen molar-refractivity contribution in [3.63, 3.8) is 0 Å². The van der Waals surface area contributed by atoms with Gasteiger partial charge in [0.25, 0.3) is 5.91 Å². The van der Waals surface area contributed by atoms with Crippen LogP contribution in [0.15, 0.2) is 36.5 Å². The molecule has 3 rings (SSSR count). The Bertz CT molecular complexity index is 785. The average molecular weight is 355 g/mol. The van der Waals surface area contributed by atoms with E-state index in [2.05, 4.69) is 30.2 Å². The Balaban J connectivity index is 1.51. The van der Waals surface area contributed by atoms with E-state index in [1.165, 1.54) is 0 Å². The minimum atomic E-state index is -0.207. The highest BCUT2D eigenvalue weighted by atomic mass is 16.5. The molecule has 0 unspecified atom stereocenters. The van der Waals surface area contributed by atoms with Gasteiger partial charge in [0.15, 0.2) is 11.5 Å². The maximum atomic E-state index is 12.2. The molecule has 1 aliphatic rings. The number of carbonyl (C=O) groups excluding carboxylic acids is 1. The Kier molecular flexibility index (Phi) is 5.02. The molecule has 1 N–H and O–H groups in total. The Labute approximate surface area is 154 Å². The van der Waals surface area contributed by atoms with Gasteiger partial charge in [-0.05, 0) is 32.0 Å². The number of hydrogen-bond donors (Lipinski definition) is 1. The third-order valence-corrected chi connectivity index (χ3v) is 4.17. The molecule has 1 amide bonds. The quantitative estimate of drug-likeness (QED) is 0.807. The number of carbonyl (C=O) groups is 1. The zero-order chi connectivity index (χ0) is 18.7. The molecular weight excluding hydrogens is 330 g/mol. The Morgan fingerprint density at radius 3 is 2.81 bits per heavy atom. The molecule has 0 bridgehead atoms. The number of benzene rings is 1. The minimum absolute atomic E-state index is 0.165. The van der Waals surface area contributed by atoms with Gasteiger partial charge >= 0.3 is 0 Å². The number of anilines is 1. The van der Waals surface area contributed by atoms with E-state index in [0.717, 1.165) is 29.3 Å². The smallest absolute Gasteiger partial charge is 0.252 e. The number of nitrogens with one attached hydrogen (secondary N) is 1. The summed E-state index contributed by atoms with van der Waals surface area (Å²) >= 11 is 0. The lowest BCUT2D eigenvalue weighted by atomic mass is 10.0. The Morgan fingerprint density at radius 1 is 1.31 bits per heavy atom. The highest BCUT2D eigenvalue weighted by Gasteiger charge is 2.32. The van der Waals surface area contributed by atoms with Crippen LogP contribution in [0.4, 0.5) is 5.82 Å². The number of pyridine rings is 1. The van der Waals surface area contributed by atoms with E-state index in [9.17, 15) is 4.79 Å². The summed E-state index contributed by atoms with van der Waals surface area (Å²) in [5.74, 6) is 2.18. The predicted molar refractivity (Wildman–Crippen MR) is 101 cm³/mol. The normalized spacial score (nSPS) is 14.3. The summed E-state index contributed by atoms with van der Waals surface area (Å²) in [6, 6.07) is 9.50. The van der Waals surface area contributed by atoms with Crippen molar-refractivity contribution >= 4 is 11.7 Å². The van der Waals surface area contributed by atoms with Crippen molar-refractivity contribution in [2.75, 3.05) is 32.1 Å². The summed E-state index contributed by atoms with van der Waals surface area (Å²) in [6.45, 7) is 4.90. The second-order valence-corrected chi connectivity index (χ2v) is 7.19. The van der Waals surface area contributed by atoms with Crippen LogP contribution < -0.4 is 19.7 Å². The van der Waals surface area contributed by atoms with E-state index < -0.39 is 0 Å². The molecule has 0 radical (unpaired) electrons. The van der Waals surface area contributed by atoms with Gasteiger partial charge in [-0.25, -0.2) is 4.98 Å². The molecule has 1 aromatic carbocycles. The highest BCUT2D eigenvalue weighted by molar-refractivity contribution is 5.94. The number of para-hydroxylation sites is 1. The first kappa shape index (κ1) is 18.0. The topological polar surface area (TPSA) is 63.7 Å². The number of ether oxygens (including phenoxy) is 2. The molecule has 26 heavy (non-hydrogen) atoms. The summed E-state index contributed by atoms with van der Waals surface area (Å²) in [5.41, 5.74) is 1.48. The molecule has 6 nitrogen and oxygen atoms in total. The number of nitrogens with zero attached hydrogens (tertiary/aromatic N) is 2. The van der Waals surface area contributed by atoms with Gasteiger partial charge in [-0.15, -0.1) is 0 Å². The third-order valence-electron chi connectivity index (χ3n) is 4.17. The summed E-state index contributed by atoms with van der Waals surface area (Å²) in [6.07, 6.45) is 2.44. The number of fused-ring (bicyclic) bond motifs is 1. The van der Waals surface area contributed by atoms with E-state index >= 15 is 0 Å². The molecule has 2 heterocycles. The Morgan fingerprint density at radius 2 is 2.12 bits per heavy atom. The van der Waals surface area contributed by atoms with Gasteiger partial charge in [-0.1, -0.05) is 12.1 Å². The SMILES string of the molecule is CN(C)c1ccc(C(=O)NCCOc2cccc3c2OC(C)(C)C3)cn1. The van der Waals surface area contributed by atoms with Crippen LogP contribution in [0.25, 0.3) is 0 Å². The first-order valence-corrected chi connectivity index (χ1v) is 8.71. The summed E-state index contributed by atoms with van der Waals surface area (Å²) in [5, 5.41) is 2.84. The molecule has 1 aliphatic heterocycles. The van der Waals surface area contributed by atoms with Crippen LogP contribution in [0, 0.1) is 0 Å². The van der Waals surface area contributed by atoms with E-state index in [1.54, 1.807) is 12.3 Å². The van der Waals surface area contributed by atoms with Crippen molar-refractivity contribution < 1.29 is 14.3 Å². The van der Waals surface area contributed by atoms with Crippen LogP contribution in [0.2, 0.25) is 0 Å². The minimum Gasteiger partial charge on any atom is -0.488 e. The first-order chi connectivity index (χ1) is 12.4. The van der Waals surface area contributed by atoms with Crippen molar-refractivity contribution in [2.24, 2.45) is 0 Å². The van der Waals surface area contributed by atoms with Gasteiger partial charge in [0.2, 0.25) is 0 Å². The molecular formula is C20H25N3O3. The number of hydrogen-bond acceptors (Lipinski definition) is 5. The van der Waals surface area contributed by atoms with E-state index in [-0.39, 0.29) is 11.5 Å². The summed E-state index contributed by atoms with van der Waals surface area (Å²) in [4.78, 5) is 18.3. The summed E-state index contributed by atoms with van der Waals surface area (Å²) in [7, 11) is 3.81. The van der Waals surface area contributed by atoms with Gasteiger partial charge < -0.3 is 19.7 Å². The molecule has 0 spiro atoms. The zero-order valence-electron chi connectivity index (χ0n) is 15.7. The second kappa shape index (κ2) is 7.23. The maximum Gasteiger partial charge on any atom is 0.252 e. The fraction of sp³-hybridized carbons (Fsp3) is 0.400. The standard InChI is InChI=1S/C20H25N3O3/c1-20(2)12-14-6-5-7-16(18(14)26-20)25-11-10-21-19(24)15-8-9-17(22-13-15)23(3)4/h5-9,13H,10-12H2,1-4H3,(H,21,24). The molecule has 138 valence electrons. The molecule has 0 fully saturated rings. The molecule has 2 aromatic rings. The van der Waals surface area contributed by atoms with Crippen molar-refractivity contribution in [1.29, 1.82) is 0 Å². The van der Waals surface area contributed by atoms with Gasteiger partial charge in [0, 0.05) is 32.3 Å². The van der Waals surface area contributed by atoms with Gasteiger partial charge in [0.1, 0.15) is 18.0 Å². The Hall–Kier alpha value is -2.76. The van der Waals surface area contributed by atoms with Gasteiger partial charge in [-0.3, -0.25) is 4.79 Å². The number of aromatic nitrogens is 1. The first-order valence-electron chi connectivity index (χ1n) is 8.71. The highest BCUT2D eigenvalue weighted by Crippen LogP contribution is 2.41. The predicted octanol–water partition coefficient (Wildman–Crippen LogP) is 2.67. The largest absolute Gasteiger partial charge is 0.488 e. The van der Waals surface area contributed by atoms with Crippen molar-refractivity contribution in [3.8, 4) is 11.5 Å². The van der Waals surface area contributed by atoms with E-state index in [1.807, 2.05) is 37.2 Å². The molecule has 0 saturated carbocycles. The van der Waals surface area contributed by atoms with Gasteiger partial charge in [0.05, 0.1) is 12.1 Å². The van der Waals surface area contributed by atoms with Gasteiger partial charge in [-0.2, -0.15) is 0 Å². The van der Waals surface area contributed by atoms with Crippen molar-refractivity contribution in [3.05, 3.63) is 47.7 Å². The van der Waals surface area contributed by atoms with Crippen molar-refractivity contribution in [1.82, 2.24) is 10.3 Å². The van der Waals surface area contributed by atoms with Crippen LogP contribution in [0.1, 0.15) is 29.8 Å². The maximum absolute atomic E-state index is 12.2. The van der Waals surface area contributed by atoms with Crippen LogP contribution >= 0.6 is 0 Å². The second-order valence-electron chi connectivity index (χ2n) is 7.19. The fourth-order valence-corrected chi connectivity index (χ4v) is 2.91. The van der Waals surface area contributed by atoms with Crippen LogP contribution in [-0.2, 0) is 6.42 Å². The third kappa shape index (κ3) is 4.07. The van der Waals surface area contributed by atoms with Crippen LogP contribution in [0.5, 0.6) is 11.5 Å². The number of rotatable bonds is 6. The molecule has 0 saturated heterocycles. The molecule has 0 aliphatic carbocycles. The lowest BCUT2D eigenvalue weighted by molar-refractivity contribution is 0.0946. The average Bonchev–Trinajstić information content (AvgIpc) is 2.93. The summed E-state index contributed by atoms with van der Waals surface area (Å²) < 4.78 is 11.8. The number of amides is 1. The van der Waals surface area contributed by atoms with E-state index in [0.29, 0.717) is 18.7 Å². The van der Waals surface area contributed by atoms with Crippen LogP contribution in [0.3, 0.4) is 0 Å². The van der Waals surface area contributed by atoms with Crippen molar-refractivity contribution in [2.45, 2.75) is 25.9 Å². The van der Waals surface area contributed by atoms with Crippen LogP contribution in [-0.4, -0.2) is 43.7 Å². The zero-order valence-corrected chi connectivity index (χ0v) is 15.7. The van der Waals surface area contributed by atoms with E-state index in [4.69, 9.17) is 9.47 Å². The molecule has 0 atom stereocenters. The molecule has 6 heteroatoms. The lowest BCUT2D eigenvalue weighted by Gasteiger charge is -2.18.